The maximum absolute atomic E-state index is 12.1. The number of amides is 2. The van der Waals surface area contributed by atoms with Gasteiger partial charge in [-0.1, -0.05) is 23.9 Å². The maximum atomic E-state index is 12.1. The Kier molecular flexibility index (Phi) is 9.49. The van der Waals surface area contributed by atoms with Crippen molar-refractivity contribution in [3.63, 3.8) is 0 Å². The van der Waals surface area contributed by atoms with Gasteiger partial charge in [0.05, 0.1) is 12.2 Å². The van der Waals surface area contributed by atoms with Crippen LogP contribution < -0.4 is 16.7 Å². The van der Waals surface area contributed by atoms with Crippen LogP contribution in [0, 0.1) is 6.92 Å². The van der Waals surface area contributed by atoms with E-state index in [4.69, 9.17) is 16.4 Å². The van der Waals surface area contributed by atoms with Crippen LogP contribution in [-0.4, -0.2) is 47.8 Å². The predicted molar refractivity (Wildman–Crippen MR) is 109 cm³/mol. The Morgan fingerprint density at radius 2 is 2.00 bits per heavy atom. The number of hydrogen-bond donors (Lipinski definition) is 2. The molecule has 0 aliphatic rings. The molecule has 0 aromatic heterocycles. The van der Waals surface area contributed by atoms with Crippen molar-refractivity contribution in [2.45, 2.75) is 19.6 Å². The minimum Gasteiger partial charge on any atom is -0.464 e. The van der Waals surface area contributed by atoms with Gasteiger partial charge in [-0.05, 0) is 30.4 Å². The topological polar surface area (TPSA) is 114 Å². The van der Waals surface area contributed by atoms with Gasteiger partial charge in [-0.3, -0.25) is 14.8 Å². The van der Waals surface area contributed by atoms with E-state index in [1.165, 1.54) is 37.5 Å². The lowest BCUT2D eigenvalue weighted by atomic mass is 10.1. The molecule has 0 saturated heterocycles. The van der Waals surface area contributed by atoms with Crippen LogP contribution in [0.3, 0.4) is 0 Å². The molecule has 144 valence electrons. The van der Waals surface area contributed by atoms with E-state index in [-0.39, 0.29) is 12.6 Å². The Morgan fingerprint density at radius 1 is 1.31 bits per heavy atom. The summed E-state index contributed by atoms with van der Waals surface area (Å²) in [6.07, 6.45) is 1.93. The summed E-state index contributed by atoms with van der Waals surface area (Å²) in [4.78, 5) is 27.3. The summed E-state index contributed by atoms with van der Waals surface area (Å²) in [5.41, 5.74) is 2.54. The molecule has 1 aromatic carbocycles. The van der Waals surface area contributed by atoms with Gasteiger partial charge in [-0.15, -0.1) is 11.8 Å². The summed E-state index contributed by atoms with van der Waals surface area (Å²) in [7, 11) is 1.44. The zero-order valence-electron chi connectivity index (χ0n) is 15.4. The fourth-order valence-corrected chi connectivity index (χ4v) is 3.70. The van der Waals surface area contributed by atoms with Crippen molar-refractivity contribution in [1.29, 1.82) is 0 Å². The number of nitrogens with zero attached hydrogens (tertiary/aromatic N) is 3. The molecule has 0 atom stereocenters. The zero-order chi connectivity index (χ0) is 19.7. The SMILES string of the molecule is CSC(=NCCOC(C)=O)SCc1c(C)cccc1N(N)C(=O)N(C)N. The summed E-state index contributed by atoms with van der Waals surface area (Å²) in [6.45, 7) is 3.99. The van der Waals surface area contributed by atoms with Crippen LogP contribution in [0.5, 0.6) is 0 Å². The fourth-order valence-electron chi connectivity index (χ4n) is 2.00. The molecule has 0 fully saturated rings. The number of aliphatic imine (C=N–C) groups is 1. The number of esters is 1. The van der Waals surface area contributed by atoms with Gasteiger partial charge < -0.3 is 4.74 Å². The third-order valence-corrected chi connectivity index (χ3v) is 5.45. The van der Waals surface area contributed by atoms with Gasteiger partial charge in [0.15, 0.2) is 0 Å². The molecule has 0 bridgehead atoms. The largest absolute Gasteiger partial charge is 0.464 e. The number of ether oxygens (including phenoxy) is 1. The summed E-state index contributed by atoms with van der Waals surface area (Å²) in [5.74, 6) is 11.7. The Labute approximate surface area is 162 Å². The fraction of sp³-hybridized carbons (Fsp3) is 0.438. The highest BCUT2D eigenvalue weighted by atomic mass is 32.2. The van der Waals surface area contributed by atoms with Gasteiger partial charge in [0.1, 0.15) is 11.0 Å². The van der Waals surface area contributed by atoms with Crippen molar-refractivity contribution < 1.29 is 14.3 Å². The number of carbonyl (C=O) groups is 2. The molecule has 2 amide bonds. The number of benzene rings is 1. The van der Waals surface area contributed by atoms with Crippen molar-refractivity contribution in [3.8, 4) is 0 Å². The first-order valence-electron chi connectivity index (χ1n) is 7.78. The van der Waals surface area contributed by atoms with E-state index in [0.29, 0.717) is 18.0 Å². The van der Waals surface area contributed by atoms with Gasteiger partial charge in [0, 0.05) is 19.7 Å². The van der Waals surface area contributed by atoms with Gasteiger partial charge in [0.2, 0.25) is 0 Å². The molecular formula is C16H25N5O3S2. The third kappa shape index (κ3) is 6.87. The van der Waals surface area contributed by atoms with E-state index in [1.807, 2.05) is 25.3 Å². The second kappa shape index (κ2) is 11.1. The molecule has 26 heavy (non-hydrogen) atoms. The number of rotatable bonds is 6. The van der Waals surface area contributed by atoms with Crippen LogP contribution in [0.15, 0.2) is 23.2 Å². The first kappa shape index (κ1) is 22.3. The van der Waals surface area contributed by atoms with Crippen LogP contribution in [0.1, 0.15) is 18.1 Å². The van der Waals surface area contributed by atoms with Crippen molar-refractivity contribution in [2.75, 3.05) is 31.5 Å². The molecule has 0 unspecified atom stereocenters. The van der Waals surface area contributed by atoms with Crippen LogP contribution in [0.25, 0.3) is 0 Å². The predicted octanol–water partition coefficient (Wildman–Crippen LogP) is 2.12. The number of anilines is 1. The maximum Gasteiger partial charge on any atom is 0.352 e. The Hall–Kier alpha value is -1.75. The van der Waals surface area contributed by atoms with E-state index in [1.54, 1.807) is 6.07 Å². The highest BCUT2D eigenvalue weighted by Gasteiger charge is 2.19. The summed E-state index contributed by atoms with van der Waals surface area (Å²) >= 11 is 3.05. The molecule has 4 N–H and O–H groups in total. The number of hydrazine groups is 2. The molecule has 0 radical (unpaired) electrons. The summed E-state index contributed by atoms with van der Waals surface area (Å²) in [5, 5.41) is 1.97. The smallest absolute Gasteiger partial charge is 0.352 e. The average Bonchev–Trinajstić information content (AvgIpc) is 2.60. The normalized spacial score (nSPS) is 11.2. The second-order valence-corrected chi connectivity index (χ2v) is 7.33. The quantitative estimate of drug-likeness (QED) is 0.143. The van der Waals surface area contributed by atoms with E-state index >= 15 is 0 Å². The highest BCUT2D eigenvalue weighted by molar-refractivity contribution is 8.38. The average molecular weight is 400 g/mol. The molecule has 0 heterocycles. The number of urea groups is 1. The van der Waals surface area contributed by atoms with Crippen molar-refractivity contribution >= 4 is 45.6 Å². The number of carbonyl (C=O) groups excluding carboxylic acids is 2. The lowest BCUT2D eigenvalue weighted by molar-refractivity contribution is -0.140. The Bertz CT molecular complexity index is 667. The van der Waals surface area contributed by atoms with E-state index in [2.05, 4.69) is 4.99 Å². The lowest BCUT2D eigenvalue weighted by Gasteiger charge is -2.24. The molecule has 8 nitrogen and oxygen atoms in total. The first-order chi connectivity index (χ1) is 12.3. The summed E-state index contributed by atoms with van der Waals surface area (Å²) < 4.78 is 5.73. The van der Waals surface area contributed by atoms with Crippen molar-refractivity contribution in [3.05, 3.63) is 29.3 Å². The van der Waals surface area contributed by atoms with Crippen molar-refractivity contribution in [1.82, 2.24) is 5.01 Å². The minimum atomic E-state index is -0.512. The number of thioether (sulfide) groups is 2. The molecule has 10 heteroatoms. The molecule has 0 aliphatic carbocycles. The van der Waals surface area contributed by atoms with Crippen LogP contribution in [-0.2, 0) is 15.3 Å². The van der Waals surface area contributed by atoms with Crippen molar-refractivity contribution in [2.24, 2.45) is 16.7 Å². The van der Waals surface area contributed by atoms with E-state index in [9.17, 15) is 9.59 Å². The minimum absolute atomic E-state index is 0.253. The van der Waals surface area contributed by atoms with Gasteiger partial charge in [-0.25, -0.2) is 21.5 Å². The molecule has 0 spiro atoms. The Balaban J connectivity index is 2.87. The number of hydrogen-bond acceptors (Lipinski definition) is 8. The van der Waals surface area contributed by atoms with E-state index in [0.717, 1.165) is 25.5 Å². The second-order valence-electron chi connectivity index (χ2n) is 5.32. The van der Waals surface area contributed by atoms with Crippen LogP contribution in [0.2, 0.25) is 0 Å². The van der Waals surface area contributed by atoms with Crippen LogP contribution in [0.4, 0.5) is 10.5 Å². The first-order valence-corrected chi connectivity index (χ1v) is 9.99. The monoisotopic (exact) mass is 399 g/mol. The molecule has 1 aromatic rings. The Morgan fingerprint density at radius 3 is 2.58 bits per heavy atom. The number of aryl methyl sites for hydroxylation is 1. The summed E-state index contributed by atoms with van der Waals surface area (Å²) in [6, 6.07) is 5.06. The highest BCUT2D eigenvalue weighted by Crippen LogP contribution is 2.29. The lowest BCUT2D eigenvalue weighted by Crippen LogP contribution is -2.49. The number of nitrogens with two attached hydrogens (primary N) is 2. The van der Waals surface area contributed by atoms with Gasteiger partial charge >= 0.3 is 12.0 Å². The molecular weight excluding hydrogens is 374 g/mol. The van der Waals surface area contributed by atoms with Gasteiger partial charge in [-0.2, -0.15) is 0 Å². The molecule has 0 aliphatic heterocycles. The third-order valence-electron chi connectivity index (χ3n) is 3.30. The van der Waals surface area contributed by atoms with E-state index < -0.39 is 6.03 Å². The van der Waals surface area contributed by atoms with Gasteiger partial charge in [0.25, 0.3) is 0 Å². The standard InChI is InChI=1S/C16H25N5O3S2/c1-11-6-5-7-14(21(18)16(23)20(3)17)13(11)10-26-15(25-4)19-8-9-24-12(2)22/h5-7H,8-10,17-18H2,1-4H3. The molecule has 1 rings (SSSR count). The van der Waals surface area contributed by atoms with Crippen LogP contribution >= 0.6 is 23.5 Å². The zero-order valence-corrected chi connectivity index (χ0v) is 17.0. The molecule has 0 saturated carbocycles.